The number of rotatable bonds is 31. The van der Waals surface area contributed by atoms with Gasteiger partial charge in [0.05, 0.1) is 32.3 Å². The Labute approximate surface area is 662 Å². The smallest absolute Gasteiger partial charge is 0.305 e. The average molecular weight is 1620 g/mol. The Hall–Kier alpha value is -8.39. The van der Waals surface area contributed by atoms with Gasteiger partial charge >= 0.3 is 17.9 Å². The predicted octanol–water partition coefficient (Wildman–Crippen LogP) is -0.283. The summed E-state index contributed by atoms with van der Waals surface area (Å²) in [5.41, 5.74) is 5.63. The van der Waals surface area contributed by atoms with E-state index in [-0.39, 0.29) is 113 Å². The topological polar surface area (TPSA) is 536 Å². The highest BCUT2D eigenvalue weighted by Crippen LogP contribution is 2.29. The third-order valence-electron chi connectivity index (χ3n) is 20.2. The van der Waals surface area contributed by atoms with Crippen molar-refractivity contribution in [3.8, 4) is 0 Å². The molecule has 0 aromatic carbocycles. The number of hydrogen-bond donors (Lipinski definition) is 15. The summed E-state index contributed by atoms with van der Waals surface area (Å²) in [6.45, 7) is 5.26. The maximum atomic E-state index is 15.4. The first-order valence-corrected chi connectivity index (χ1v) is 42.0. The van der Waals surface area contributed by atoms with Crippen molar-refractivity contribution in [3.05, 3.63) is 0 Å². The normalized spacial score (nSPS) is 26.2. The van der Waals surface area contributed by atoms with E-state index in [9.17, 15) is 87.5 Å². The molecule has 0 saturated carbocycles. The first kappa shape index (κ1) is 94.2. The molecule has 14 amide bonds. The summed E-state index contributed by atoms with van der Waals surface area (Å²) in [7, 11) is 0. The number of nitrogens with zero attached hydrogens (tertiary/aromatic N) is 3. The standard InChI is InChI=1S/C74H120N14O22S2/c1-5-6-7-8-9-10-11-12-13-14-15-16-17-18-19-24-58(91)77-46-38-56-70(105)80-48(25-28-57(75)90)65(100)84-53-43-112-36-34-110-33-35-111-42-52(67(102)81-50(37-44(2)3)72(107)87-32-21-23-55(87)74(109)88(56)41-46)83-64(99)47(26-29-60(93)94)78-59(92)40-76-71(106)63(45(4)89)85-66(101)49(27-30-61(95)96)79-69(104)54-22-20-31-86(54)73(108)51(39-62(97)98)82-68(53)103/h44-56,63,89H,5-43H2,1-4H3,(H2,75,90)(H,76,106)(H,77,91)(H,78,92)(H,79,104)(H,80,105)(H,81,102)(H,82,103)(H,83,99)(H,84,100)(H,85,101)(H,93,94)(H,95,96)(H,97,98)/t45-,46+,47+,48+,49+,50+,51+,52+,53+,54+,55-,56+,63+/m1/s1. The Kier molecular flexibility index (Phi) is 42.0. The van der Waals surface area contributed by atoms with Crippen LogP contribution in [0.1, 0.15) is 214 Å². The van der Waals surface area contributed by atoms with Crippen LogP contribution < -0.4 is 58.9 Å². The van der Waals surface area contributed by atoms with E-state index < -0.39 is 225 Å². The first-order valence-electron chi connectivity index (χ1n) is 39.6. The summed E-state index contributed by atoms with van der Waals surface area (Å²) in [5.74, 6) is -18.9. The number of hydrogen-bond acceptors (Lipinski definition) is 21. The number of aliphatic hydroxyl groups is 1. The number of carbonyl (C=O) groups excluding carboxylic acids is 14. The van der Waals surface area contributed by atoms with Crippen LogP contribution in [0.3, 0.4) is 0 Å². The third kappa shape index (κ3) is 33.0. The van der Waals surface area contributed by atoms with E-state index >= 15 is 14.4 Å². The second kappa shape index (κ2) is 50.0. The maximum absolute atomic E-state index is 15.4. The number of carboxylic acids is 3. The predicted molar refractivity (Wildman–Crippen MR) is 411 cm³/mol. The second-order valence-corrected chi connectivity index (χ2v) is 32.2. The van der Waals surface area contributed by atoms with Crippen LogP contribution in [-0.2, 0) is 86.2 Å². The van der Waals surface area contributed by atoms with E-state index in [2.05, 4.69) is 60.1 Å². The monoisotopic (exact) mass is 1620 g/mol. The number of nitrogens with one attached hydrogen (secondary N) is 10. The molecule has 0 aliphatic carbocycles. The summed E-state index contributed by atoms with van der Waals surface area (Å²) in [4.78, 5) is 242. The van der Waals surface area contributed by atoms with Crippen molar-refractivity contribution in [1.29, 1.82) is 0 Å². The van der Waals surface area contributed by atoms with Crippen LogP contribution in [0.15, 0.2) is 0 Å². The zero-order chi connectivity index (χ0) is 82.4. The number of ether oxygens (including phenoxy) is 1. The molecule has 112 heavy (non-hydrogen) atoms. The van der Waals surface area contributed by atoms with Crippen LogP contribution in [-0.4, -0.2) is 277 Å². The molecule has 5 fully saturated rings. The number of aliphatic hydroxyl groups excluding tert-OH is 1. The lowest BCUT2D eigenvalue weighted by Crippen LogP contribution is -2.61. The lowest BCUT2D eigenvalue weighted by atomic mass is 10.0. The highest BCUT2D eigenvalue weighted by molar-refractivity contribution is 7.99. The number of thioether (sulfide) groups is 2. The van der Waals surface area contributed by atoms with Crippen LogP contribution in [0.4, 0.5) is 0 Å². The SMILES string of the molecule is CCCCCCCCCCCCCCCCCC(=O)N[C@H]1C[C@H]2C(=O)N[C@@H](CCC(N)=O)C(=O)N[C@H]3CSCCOCCSC[C@H](NC(=O)[C@H](CCC(=O)O)NC(=O)CNC(=O)[C@H]([C@@H](C)O)NC(=O)[C@H](CCC(=O)O)NC(=O)[C@@H]4CCCN4C(=O)[C@H](CC(=O)O)NC3=O)C(=O)N[C@@H](CC(C)C)C(=O)N3CCC[C@@H]3C(=O)N2C1. The molecule has 2 bridgehead atoms. The highest BCUT2D eigenvalue weighted by Gasteiger charge is 2.48. The van der Waals surface area contributed by atoms with Crippen LogP contribution in [0.25, 0.3) is 0 Å². The molecule has 16 N–H and O–H groups in total. The molecular weight excluding hydrogens is 1500 g/mol. The van der Waals surface area contributed by atoms with Gasteiger partial charge in [-0.25, -0.2) is 0 Å². The first-order chi connectivity index (χ1) is 53.4. The fourth-order valence-corrected chi connectivity index (χ4v) is 15.9. The summed E-state index contributed by atoms with van der Waals surface area (Å²) < 4.78 is 5.90. The van der Waals surface area contributed by atoms with Gasteiger partial charge in [0.1, 0.15) is 66.5 Å². The van der Waals surface area contributed by atoms with Crippen molar-refractivity contribution >= 4 is 124 Å². The number of unbranched alkanes of at least 4 members (excludes halogenated alkanes) is 14. The molecule has 5 saturated heterocycles. The fraction of sp³-hybridized carbons (Fsp3) is 0.770. The van der Waals surface area contributed by atoms with Gasteiger partial charge in [-0.3, -0.25) is 81.5 Å². The Morgan fingerprint density at radius 1 is 0.500 bits per heavy atom. The van der Waals surface area contributed by atoms with E-state index in [4.69, 9.17) is 10.5 Å². The molecule has 630 valence electrons. The van der Waals surface area contributed by atoms with Gasteiger partial charge in [-0.05, 0) is 77.0 Å². The van der Waals surface area contributed by atoms with Crippen LogP contribution >= 0.6 is 23.5 Å². The van der Waals surface area contributed by atoms with Gasteiger partial charge in [-0.15, -0.1) is 0 Å². The molecule has 0 spiro atoms. The lowest BCUT2D eigenvalue weighted by Gasteiger charge is -2.34. The Morgan fingerprint density at radius 3 is 1.46 bits per heavy atom. The molecule has 13 atom stereocenters. The molecule has 36 nitrogen and oxygen atoms in total. The van der Waals surface area contributed by atoms with Gasteiger partial charge in [-0.2, -0.15) is 23.5 Å². The van der Waals surface area contributed by atoms with E-state index in [0.717, 1.165) is 67.5 Å². The molecule has 0 radical (unpaired) electrons. The van der Waals surface area contributed by atoms with Crippen molar-refractivity contribution in [2.75, 3.05) is 62.4 Å². The van der Waals surface area contributed by atoms with Gasteiger partial charge in [-0.1, -0.05) is 111 Å². The Morgan fingerprint density at radius 2 is 0.955 bits per heavy atom. The van der Waals surface area contributed by atoms with Gasteiger partial charge in [0.2, 0.25) is 82.7 Å². The maximum Gasteiger partial charge on any atom is 0.305 e. The van der Waals surface area contributed by atoms with Crippen molar-refractivity contribution in [2.24, 2.45) is 11.7 Å². The third-order valence-corrected chi connectivity index (χ3v) is 22.2. The minimum absolute atomic E-state index is 0.0148. The van der Waals surface area contributed by atoms with Crippen molar-refractivity contribution in [1.82, 2.24) is 67.9 Å². The van der Waals surface area contributed by atoms with E-state index in [0.29, 0.717) is 6.42 Å². The van der Waals surface area contributed by atoms with Crippen LogP contribution in [0, 0.1) is 5.92 Å². The number of amides is 14. The summed E-state index contributed by atoms with van der Waals surface area (Å²) in [5, 5.41) is 65.6. The van der Waals surface area contributed by atoms with Crippen LogP contribution in [0.2, 0.25) is 0 Å². The largest absolute Gasteiger partial charge is 0.481 e. The molecule has 5 aliphatic heterocycles. The average Bonchev–Trinajstić information content (AvgIpc) is 1.63. The molecule has 0 aromatic rings. The molecule has 5 rings (SSSR count). The van der Waals surface area contributed by atoms with Crippen molar-refractivity contribution < 1.29 is 107 Å². The molecule has 0 aromatic heterocycles. The van der Waals surface area contributed by atoms with E-state index in [1.807, 2.05) is 0 Å². The van der Waals surface area contributed by atoms with Gasteiger partial charge in [0.25, 0.3) is 0 Å². The summed E-state index contributed by atoms with van der Waals surface area (Å²) in [6.07, 6.45) is 10.3. The second-order valence-electron chi connectivity index (χ2n) is 29.9. The molecule has 38 heteroatoms. The number of nitrogens with two attached hydrogens (primary N) is 1. The summed E-state index contributed by atoms with van der Waals surface area (Å²) in [6, 6.07) is -19.0. The Balaban J connectivity index is 1.58. The minimum Gasteiger partial charge on any atom is -0.481 e. The number of primary amides is 1. The van der Waals surface area contributed by atoms with E-state index in [1.165, 1.54) is 67.6 Å². The van der Waals surface area contributed by atoms with Gasteiger partial charge in [0, 0.05) is 74.4 Å². The number of aliphatic carboxylic acids is 3. The van der Waals surface area contributed by atoms with Crippen LogP contribution in [0.5, 0.6) is 0 Å². The number of carboxylic acid groups (broad SMARTS) is 3. The zero-order valence-corrected chi connectivity index (χ0v) is 66.7. The van der Waals surface area contributed by atoms with Gasteiger partial charge in [0.15, 0.2) is 0 Å². The highest BCUT2D eigenvalue weighted by atomic mass is 32.2. The van der Waals surface area contributed by atoms with Gasteiger partial charge < -0.3 is 98.8 Å². The van der Waals surface area contributed by atoms with Crippen molar-refractivity contribution in [3.63, 3.8) is 0 Å². The Bertz CT molecular complexity index is 3230. The molecule has 0 unspecified atom stereocenters. The zero-order valence-electron chi connectivity index (χ0n) is 65.0. The molecular formula is C74H120N14O22S2. The minimum atomic E-state index is -1.98. The molecule has 5 heterocycles. The van der Waals surface area contributed by atoms with Crippen molar-refractivity contribution in [2.45, 2.75) is 293 Å². The number of fused-ring (bicyclic) bond motifs is 13. The number of carbonyl (C=O) groups is 17. The summed E-state index contributed by atoms with van der Waals surface area (Å²) >= 11 is 2.11. The van der Waals surface area contributed by atoms with E-state index in [1.54, 1.807) is 13.8 Å². The fourth-order valence-electron chi connectivity index (χ4n) is 14.2. The molecule has 5 aliphatic rings. The lowest BCUT2D eigenvalue weighted by molar-refractivity contribution is -0.148. The quantitative estimate of drug-likeness (QED) is 0.0397.